The van der Waals surface area contributed by atoms with Crippen LogP contribution in [0.3, 0.4) is 0 Å². The van der Waals surface area contributed by atoms with E-state index >= 15 is 0 Å². The summed E-state index contributed by atoms with van der Waals surface area (Å²) in [4.78, 5) is 24.5. The van der Waals surface area contributed by atoms with Crippen molar-refractivity contribution >= 4 is 22.7 Å². The fourth-order valence-corrected chi connectivity index (χ4v) is 3.09. The molecule has 2 aromatic carbocycles. The summed E-state index contributed by atoms with van der Waals surface area (Å²) in [5.74, 6) is -1.85. The maximum atomic E-state index is 13.1. The number of furan rings is 1. The molecule has 134 valence electrons. The van der Waals surface area contributed by atoms with Gasteiger partial charge in [-0.3, -0.25) is 4.79 Å². The Kier molecular flexibility index (Phi) is 4.11. The van der Waals surface area contributed by atoms with Crippen LogP contribution in [-0.4, -0.2) is 22.0 Å². The number of hydrogen-bond acceptors (Lipinski definition) is 4. The highest BCUT2D eigenvalue weighted by molar-refractivity contribution is 6.17. The number of hydrogen-bond donors (Lipinski definition) is 2. The van der Waals surface area contributed by atoms with Crippen molar-refractivity contribution in [1.29, 1.82) is 0 Å². The summed E-state index contributed by atoms with van der Waals surface area (Å²) in [6, 6.07) is 10.3. The molecular weight excluding hydrogens is 332 g/mol. The third-order valence-electron chi connectivity index (χ3n) is 4.45. The van der Waals surface area contributed by atoms with E-state index in [4.69, 9.17) is 4.42 Å². The van der Waals surface area contributed by atoms with Crippen LogP contribution in [0.25, 0.3) is 11.0 Å². The lowest BCUT2D eigenvalue weighted by Gasteiger charge is -2.22. The van der Waals surface area contributed by atoms with E-state index in [0.717, 1.165) is 0 Å². The second-order valence-electron chi connectivity index (χ2n) is 7.33. The number of aromatic carboxylic acids is 1. The average Bonchev–Trinajstić information content (AvgIpc) is 2.93. The molecule has 0 aliphatic carbocycles. The summed E-state index contributed by atoms with van der Waals surface area (Å²) in [5.41, 5.74) is 1.22. The van der Waals surface area contributed by atoms with E-state index in [1.807, 2.05) is 26.8 Å². The van der Waals surface area contributed by atoms with Gasteiger partial charge in [0.2, 0.25) is 5.76 Å². The fraction of sp³-hybridized carbons (Fsp3) is 0.238. The van der Waals surface area contributed by atoms with Crippen LogP contribution < -0.4 is 0 Å². The zero-order valence-corrected chi connectivity index (χ0v) is 15.1. The number of aromatic hydroxyl groups is 1. The van der Waals surface area contributed by atoms with E-state index in [0.29, 0.717) is 16.7 Å². The smallest absolute Gasteiger partial charge is 0.372 e. The standard InChI is InChI=1S/C21H20O5/c1-11-15-17(23)14(21(2,3)4)10-13(19(15)26-18(11)20(24)25)16(22)12-8-6-5-7-9-12/h5-10,23H,1-4H3,(H,24,25). The van der Waals surface area contributed by atoms with Gasteiger partial charge in [0.25, 0.3) is 0 Å². The predicted molar refractivity (Wildman–Crippen MR) is 98.1 cm³/mol. The number of aryl methyl sites for hydroxylation is 1. The van der Waals surface area contributed by atoms with Crippen molar-refractivity contribution in [3.8, 4) is 5.75 Å². The number of phenols is 1. The molecule has 5 heteroatoms. The molecule has 3 rings (SSSR count). The molecule has 5 nitrogen and oxygen atoms in total. The Labute approximate surface area is 150 Å². The quantitative estimate of drug-likeness (QED) is 0.669. The van der Waals surface area contributed by atoms with Gasteiger partial charge in [-0.05, 0) is 18.4 Å². The van der Waals surface area contributed by atoms with Crippen molar-refractivity contribution in [1.82, 2.24) is 0 Å². The normalized spacial score (nSPS) is 11.7. The van der Waals surface area contributed by atoms with E-state index in [-0.39, 0.29) is 33.8 Å². The number of carbonyl (C=O) groups excluding carboxylic acids is 1. The number of fused-ring (bicyclic) bond motifs is 1. The number of carboxylic acid groups (broad SMARTS) is 1. The minimum absolute atomic E-state index is 0.0501. The lowest BCUT2D eigenvalue weighted by atomic mass is 9.83. The highest BCUT2D eigenvalue weighted by Crippen LogP contribution is 2.42. The molecule has 1 heterocycles. The minimum Gasteiger partial charge on any atom is -0.507 e. The first-order valence-electron chi connectivity index (χ1n) is 8.25. The summed E-state index contributed by atoms with van der Waals surface area (Å²) < 4.78 is 5.50. The van der Waals surface area contributed by atoms with Gasteiger partial charge >= 0.3 is 5.97 Å². The van der Waals surface area contributed by atoms with E-state index in [1.54, 1.807) is 37.3 Å². The van der Waals surface area contributed by atoms with Crippen LogP contribution in [-0.2, 0) is 5.41 Å². The molecule has 1 aromatic heterocycles. The number of benzene rings is 2. The third-order valence-corrected chi connectivity index (χ3v) is 4.45. The molecule has 0 unspecified atom stereocenters. The molecule has 0 aliphatic heterocycles. The Morgan fingerprint density at radius 1 is 1.08 bits per heavy atom. The summed E-state index contributed by atoms with van der Waals surface area (Å²) in [7, 11) is 0. The van der Waals surface area contributed by atoms with Gasteiger partial charge in [-0.2, -0.15) is 0 Å². The van der Waals surface area contributed by atoms with Crippen molar-refractivity contribution in [3.05, 3.63) is 64.4 Å². The fourth-order valence-electron chi connectivity index (χ4n) is 3.09. The van der Waals surface area contributed by atoms with Crippen LogP contribution in [0.1, 0.15) is 58.4 Å². The topological polar surface area (TPSA) is 87.7 Å². The van der Waals surface area contributed by atoms with Crippen LogP contribution >= 0.6 is 0 Å². The SMILES string of the molecule is Cc1c(C(=O)O)oc2c(C(=O)c3ccccc3)cc(C(C)(C)C)c(O)c12. The molecule has 0 atom stereocenters. The van der Waals surface area contributed by atoms with Crippen LogP contribution in [0, 0.1) is 6.92 Å². The van der Waals surface area contributed by atoms with Crippen molar-refractivity contribution < 1.29 is 24.2 Å². The molecule has 0 aliphatic rings. The number of ketones is 1. The van der Waals surface area contributed by atoms with Crippen molar-refractivity contribution in [2.45, 2.75) is 33.1 Å². The molecule has 0 amide bonds. The van der Waals surface area contributed by atoms with Gasteiger partial charge in [-0.1, -0.05) is 51.1 Å². The largest absolute Gasteiger partial charge is 0.507 e. The van der Waals surface area contributed by atoms with Gasteiger partial charge in [-0.25, -0.2) is 4.79 Å². The van der Waals surface area contributed by atoms with E-state index in [2.05, 4.69) is 0 Å². The van der Waals surface area contributed by atoms with Crippen molar-refractivity contribution in [2.75, 3.05) is 0 Å². The maximum Gasteiger partial charge on any atom is 0.372 e. The van der Waals surface area contributed by atoms with Crippen LogP contribution in [0.15, 0.2) is 40.8 Å². The first-order valence-corrected chi connectivity index (χ1v) is 8.25. The third kappa shape index (κ3) is 2.75. The number of rotatable bonds is 3. The Morgan fingerprint density at radius 3 is 2.23 bits per heavy atom. The molecule has 0 saturated heterocycles. The first-order chi connectivity index (χ1) is 12.1. The Hall–Kier alpha value is -3.08. The van der Waals surface area contributed by atoms with Crippen LogP contribution in [0.4, 0.5) is 0 Å². The minimum atomic E-state index is -1.24. The highest BCUT2D eigenvalue weighted by Gasteiger charge is 2.29. The first kappa shape index (κ1) is 17.7. The number of carbonyl (C=O) groups is 2. The number of carboxylic acids is 1. The molecule has 0 spiro atoms. The molecule has 0 bridgehead atoms. The zero-order valence-electron chi connectivity index (χ0n) is 15.1. The summed E-state index contributed by atoms with van der Waals surface area (Å²) in [6.07, 6.45) is 0. The zero-order chi connectivity index (χ0) is 19.2. The molecule has 0 fully saturated rings. The molecular formula is C21H20O5. The van der Waals surface area contributed by atoms with Gasteiger partial charge in [-0.15, -0.1) is 0 Å². The molecule has 0 saturated carbocycles. The van der Waals surface area contributed by atoms with E-state index < -0.39 is 11.4 Å². The lowest BCUT2D eigenvalue weighted by molar-refractivity contribution is 0.0663. The Bertz CT molecular complexity index is 1020. The van der Waals surface area contributed by atoms with Gasteiger partial charge < -0.3 is 14.6 Å². The maximum absolute atomic E-state index is 13.1. The summed E-state index contributed by atoms with van der Waals surface area (Å²) >= 11 is 0. The predicted octanol–water partition coefficient (Wildman–Crippen LogP) is 4.67. The van der Waals surface area contributed by atoms with Crippen molar-refractivity contribution in [2.24, 2.45) is 0 Å². The monoisotopic (exact) mass is 352 g/mol. The molecule has 26 heavy (non-hydrogen) atoms. The Morgan fingerprint density at radius 2 is 1.69 bits per heavy atom. The van der Waals surface area contributed by atoms with Gasteiger partial charge in [0.1, 0.15) is 11.3 Å². The van der Waals surface area contributed by atoms with Crippen LogP contribution in [0.5, 0.6) is 5.75 Å². The van der Waals surface area contributed by atoms with Crippen LogP contribution in [0.2, 0.25) is 0 Å². The lowest BCUT2D eigenvalue weighted by Crippen LogP contribution is -2.13. The van der Waals surface area contributed by atoms with E-state index in [1.165, 1.54) is 0 Å². The molecule has 0 radical (unpaired) electrons. The average molecular weight is 352 g/mol. The Balaban J connectivity index is 2.41. The molecule has 2 N–H and O–H groups in total. The second kappa shape index (κ2) is 6.02. The molecule has 3 aromatic rings. The summed E-state index contributed by atoms with van der Waals surface area (Å²) in [5, 5.41) is 20.4. The van der Waals surface area contributed by atoms with Gasteiger partial charge in [0, 0.05) is 16.7 Å². The second-order valence-corrected chi connectivity index (χ2v) is 7.33. The summed E-state index contributed by atoms with van der Waals surface area (Å²) in [6.45, 7) is 7.31. The van der Waals surface area contributed by atoms with E-state index in [9.17, 15) is 19.8 Å². The van der Waals surface area contributed by atoms with Crippen molar-refractivity contribution in [3.63, 3.8) is 0 Å². The van der Waals surface area contributed by atoms with Gasteiger partial charge in [0.15, 0.2) is 5.78 Å². The van der Waals surface area contributed by atoms with Gasteiger partial charge in [0.05, 0.1) is 10.9 Å². The highest BCUT2D eigenvalue weighted by atomic mass is 16.4. The number of phenolic OH excluding ortho intramolecular Hbond substituents is 1.